The number of aromatic nitrogens is 2. The average molecular weight is 883 g/mol. The van der Waals surface area contributed by atoms with E-state index in [0.717, 1.165) is 30.8 Å². The van der Waals surface area contributed by atoms with Crippen LogP contribution < -0.4 is 25.4 Å². The third kappa shape index (κ3) is 9.78. The van der Waals surface area contributed by atoms with Crippen LogP contribution in [-0.4, -0.2) is 86.9 Å². The molecule has 4 N–H and O–H groups in total. The smallest absolute Gasteiger partial charge is 0.408 e. The number of amides is 3. The van der Waals surface area contributed by atoms with Crippen molar-refractivity contribution in [3.05, 3.63) is 78.2 Å². The molecule has 7 rings (SSSR count). The summed E-state index contributed by atoms with van der Waals surface area (Å²) in [5, 5.41) is 10.7. The van der Waals surface area contributed by atoms with Crippen LogP contribution in [-0.2, 0) is 18.9 Å². The lowest BCUT2D eigenvalue weighted by atomic mass is 9.85. The zero-order valence-electron chi connectivity index (χ0n) is 36.0. The number of benzene rings is 2. The summed E-state index contributed by atoms with van der Waals surface area (Å²) in [6.45, 7) is 13.4. The monoisotopic (exact) mass is 882 g/mol. The minimum Gasteiger partial charge on any atom is -0.497 e. The lowest BCUT2D eigenvalue weighted by Gasteiger charge is -2.35. The van der Waals surface area contributed by atoms with Crippen molar-refractivity contribution in [1.29, 1.82) is 0 Å². The van der Waals surface area contributed by atoms with Gasteiger partial charge in [0.1, 0.15) is 46.8 Å². The number of pyridine rings is 1. The number of thiazole rings is 1. The van der Waals surface area contributed by atoms with Crippen LogP contribution >= 0.6 is 18.7 Å². The van der Waals surface area contributed by atoms with Crippen LogP contribution in [0.4, 0.5) is 9.93 Å². The lowest BCUT2D eigenvalue weighted by molar-refractivity contribution is -0.142. The standard InChI is InChI=1S/C46H55N6O8PS/c1-8-30-25-46(30,61(56,57)21-20-29-14-10-9-11-15-29)51-41(53)38-23-33(26-52(38)42(54)40(45(4,5)6)50-44(55)60-31-16-12-13-17-31)59-39-24-36(37-27-62-43(49-37)47-28(2)3)48-35-22-32(58-7)18-19-34(35)39/h8-11,14-15,18-19,22,24,27-28,30-31,33,38,40H,1,12-13,16-17,23,25-26H2,2-7H3,(H,47,49)(H,50,55)(H,51,53)(H,56,57)/t30-,33-,38+,40-,46+/m1/s1. The number of carbonyl (C=O) groups is 3. The fourth-order valence-corrected chi connectivity index (χ4v) is 10.7. The first-order valence-electron chi connectivity index (χ1n) is 21.0. The largest absolute Gasteiger partial charge is 0.497 e. The molecule has 1 aliphatic heterocycles. The first-order valence-corrected chi connectivity index (χ1v) is 23.6. The highest BCUT2D eigenvalue weighted by Crippen LogP contribution is 2.69. The quantitative estimate of drug-likeness (QED) is 0.0582. The number of methoxy groups -OCH3 is 1. The number of hydrogen-bond donors (Lipinski definition) is 4. The Labute approximate surface area is 366 Å². The van der Waals surface area contributed by atoms with E-state index < -0.39 is 60.1 Å². The molecule has 0 spiro atoms. The van der Waals surface area contributed by atoms with Crippen LogP contribution in [0, 0.1) is 22.9 Å². The molecule has 62 heavy (non-hydrogen) atoms. The number of carbonyl (C=O) groups excluding carboxylic acids is 3. The number of alkyl carbamates (subject to hydrolysis) is 1. The number of nitrogens with one attached hydrogen (secondary N) is 3. The summed E-state index contributed by atoms with van der Waals surface area (Å²) < 4.78 is 32.1. The van der Waals surface area contributed by atoms with Crippen molar-refractivity contribution in [2.45, 2.75) is 109 Å². The molecule has 4 aromatic rings. The van der Waals surface area contributed by atoms with Gasteiger partial charge >= 0.3 is 6.09 Å². The highest BCUT2D eigenvalue weighted by molar-refractivity contribution is 7.65. The second-order valence-corrected chi connectivity index (χ2v) is 20.6. The van der Waals surface area contributed by atoms with E-state index >= 15 is 0 Å². The van der Waals surface area contributed by atoms with E-state index in [1.54, 1.807) is 49.6 Å². The highest BCUT2D eigenvalue weighted by atomic mass is 32.1. The molecule has 2 aromatic carbocycles. The molecular weight excluding hydrogens is 828 g/mol. The number of likely N-dealkylation sites (tertiary alicyclic amines) is 1. The van der Waals surface area contributed by atoms with Gasteiger partial charge in [-0.3, -0.25) is 14.2 Å². The van der Waals surface area contributed by atoms with E-state index in [1.165, 1.54) is 22.3 Å². The lowest BCUT2D eigenvalue weighted by Crippen LogP contribution is -2.58. The first-order chi connectivity index (χ1) is 29.5. The molecule has 16 heteroatoms. The second-order valence-electron chi connectivity index (χ2n) is 17.6. The van der Waals surface area contributed by atoms with Crippen LogP contribution in [0.15, 0.2) is 72.6 Å². The van der Waals surface area contributed by atoms with Gasteiger partial charge in [0.2, 0.25) is 11.8 Å². The van der Waals surface area contributed by atoms with E-state index in [1.807, 2.05) is 52.1 Å². The Kier molecular flexibility index (Phi) is 13.0. The van der Waals surface area contributed by atoms with Gasteiger partial charge in [-0.1, -0.05) is 51.0 Å². The number of nitrogens with zero attached hydrogens (tertiary/aromatic N) is 3. The molecule has 0 bridgehead atoms. The maximum Gasteiger partial charge on any atom is 0.408 e. The molecule has 1 unspecified atom stereocenters. The minimum atomic E-state index is -4.38. The van der Waals surface area contributed by atoms with Gasteiger partial charge in [0, 0.05) is 46.8 Å². The second kappa shape index (κ2) is 18.1. The first kappa shape index (κ1) is 44.6. The molecule has 3 aliphatic rings. The molecule has 2 aliphatic carbocycles. The third-order valence-corrected chi connectivity index (χ3v) is 14.4. The number of rotatable bonds is 13. The Morgan fingerprint density at radius 2 is 1.81 bits per heavy atom. The van der Waals surface area contributed by atoms with Crippen LogP contribution in [0.1, 0.15) is 78.7 Å². The van der Waals surface area contributed by atoms with Gasteiger partial charge < -0.3 is 40.0 Å². The topological polar surface area (TPSA) is 181 Å². The summed E-state index contributed by atoms with van der Waals surface area (Å²) in [7, 11) is -2.81. The summed E-state index contributed by atoms with van der Waals surface area (Å²) in [5.41, 5.74) is 4.07. The normalized spacial score (nSPS) is 22.5. The van der Waals surface area contributed by atoms with Crippen molar-refractivity contribution in [3.63, 3.8) is 0 Å². The molecule has 2 aromatic heterocycles. The zero-order valence-corrected chi connectivity index (χ0v) is 37.7. The number of ether oxygens (including phenoxy) is 3. The van der Waals surface area contributed by atoms with Gasteiger partial charge in [0.25, 0.3) is 7.37 Å². The van der Waals surface area contributed by atoms with E-state index in [9.17, 15) is 23.8 Å². The average Bonchev–Trinajstić information content (AvgIpc) is 3.63. The summed E-state index contributed by atoms with van der Waals surface area (Å²) in [5.74, 6) is 2.13. The van der Waals surface area contributed by atoms with Crippen LogP contribution in [0.2, 0.25) is 0 Å². The predicted octanol–water partition coefficient (Wildman–Crippen LogP) is 7.92. The van der Waals surface area contributed by atoms with Gasteiger partial charge in [0.15, 0.2) is 5.13 Å². The summed E-state index contributed by atoms with van der Waals surface area (Å²) >= 11 is 1.46. The fraction of sp³-hybridized carbons (Fsp3) is 0.457. The zero-order chi connectivity index (χ0) is 44.4. The Bertz CT molecular complexity index is 2440. The van der Waals surface area contributed by atoms with E-state index in [0.29, 0.717) is 39.4 Å². The maximum atomic E-state index is 14.9. The number of hydrogen-bond acceptors (Lipinski definition) is 11. The molecule has 6 atom stereocenters. The maximum absolute atomic E-state index is 14.9. The van der Waals surface area contributed by atoms with Crippen molar-refractivity contribution < 1.29 is 38.1 Å². The van der Waals surface area contributed by atoms with E-state index in [4.69, 9.17) is 24.2 Å². The van der Waals surface area contributed by atoms with Gasteiger partial charge in [-0.15, -0.1) is 17.9 Å². The molecule has 1 saturated heterocycles. The van der Waals surface area contributed by atoms with Crippen molar-refractivity contribution in [2.24, 2.45) is 11.3 Å². The molecule has 0 radical (unpaired) electrons. The van der Waals surface area contributed by atoms with Gasteiger partial charge in [-0.25, -0.2) is 14.8 Å². The Balaban J connectivity index is 1.22. The highest BCUT2D eigenvalue weighted by Gasteiger charge is 2.66. The Morgan fingerprint density at radius 3 is 2.47 bits per heavy atom. The fourth-order valence-electron chi connectivity index (χ4n) is 8.10. The summed E-state index contributed by atoms with van der Waals surface area (Å²) in [6, 6.07) is 14.0. The molecule has 3 fully saturated rings. The van der Waals surface area contributed by atoms with Crippen molar-refractivity contribution in [2.75, 3.05) is 19.0 Å². The van der Waals surface area contributed by atoms with Gasteiger partial charge in [-0.2, -0.15) is 0 Å². The van der Waals surface area contributed by atoms with Crippen molar-refractivity contribution in [1.82, 2.24) is 25.5 Å². The molecular formula is C46H55N6O8PS. The van der Waals surface area contributed by atoms with E-state index in [2.05, 4.69) is 34.1 Å². The van der Waals surface area contributed by atoms with E-state index in [-0.39, 0.29) is 31.5 Å². The van der Waals surface area contributed by atoms with Gasteiger partial charge in [0.05, 0.1) is 24.9 Å². The molecule has 3 heterocycles. The minimum absolute atomic E-state index is 0.0235. The molecule has 2 saturated carbocycles. The van der Waals surface area contributed by atoms with Crippen LogP contribution in [0.5, 0.6) is 11.5 Å². The Morgan fingerprint density at radius 1 is 1.06 bits per heavy atom. The molecule has 328 valence electrons. The SMILES string of the molecule is C=C[C@@H]1C[C@]1(NC(=O)[C@@H]1C[C@@H](Oc2cc(-c3csc(NC(C)C)n3)nc3cc(OC)ccc23)CN1C(=O)[C@@H](NC(=O)OC1CCCC1)C(C)(C)C)P(=O)(O)C#Cc1ccccc1. The Hall–Kier alpha value is -5.42. The van der Waals surface area contributed by atoms with Crippen molar-refractivity contribution >= 4 is 52.6 Å². The van der Waals surface area contributed by atoms with Crippen LogP contribution in [0.25, 0.3) is 22.3 Å². The summed E-state index contributed by atoms with van der Waals surface area (Å²) in [6.07, 6.45) is 3.45. The molecule has 14 nitrogen and oxygen atoms in total. The predicted molar refractivity (Wildman–Crippen MR) is 240 cm³/mol. The number of anilines is 1. The van der Waals surface area contributed by atoms with Gasteiger partial charge in [-0.05, 0) is 81.3 Å². The molecule has 3 amide bonds. The third-order valence-electron chi connectivity index (χ3n) is 11.5. The number of fused-ring (bicyclic) bond motifs is 1. The van der Waals surface area contributed by atoms with Crippen LogP contribution in [0.3, 0.4) is 0 Å². The summed E-state index contributed by atoms with van der Waals surface area (Å²) in [4.78, 5) is 65.5. The van der Waals surface area contributed by atoms with Crippen molar-refractivity contribution in [3.8, 4) is 34.5 Å².